The highest BCUT2D eigenvalue weighted by atomic mass is 16.2. The Kier molecular flexibility index (Phi) is 5.12. The first-order chi connectivity index (χ1) is 9.58. The maximum absolute atomic E-state index is 12.0. The Morgan fingerprint density at radius 2 is 2.30 bits per heavy atom. The second-order valence-corrected chi connectivity index (χ2v) is 6.01. The minimum absolute atomic E-state index is 0.0974. The summed E-state index contributed by atoms with van der Waals surface area (Å²) in [7, 11) is 0. The number of hydrogen-bond acceptors (Lipinski definition) is 3. The second-order valence-electron chi connectivity index (χ2n) is 6.01. The standard InChI is InChI=1S/C16H25N3O/c1-12(2)16(20)19-9-7-15(13(3)11-19)18-10-14-6-4-5-8-17-14/h4-6,8,12-13,15,18H,7,9-11H2,1-3H3. The van der Waals surface area contributed by atoms with E-state index >= 15 is 0 Å². The fraction of sp³-hybridized carbons (Fsp3) is 0.625. The van der Waals surface area contributed by atoms with Gasteiger partial charge >= 0.3 is 0 Å². The lowest BCUT2D eigenvalue weighted by atomic mass is 9.93. The number of hydrogen-bond donors (Lipinski definition) is 1. The summed E-state index contributed by atoms with van der Waals surface area (Å²) in [5.74, 6) is 0.857. The number of amides is 1. The molecule has 110 valence electrons. The van der Waals surface area contributed by atoms with E-state index in [1.165, 1.54) is 0 Å². The zero-order chi connectivity index (χ0) is 14.5. The van der Waals surface area contributed by atoms with E-state index in [-0.39, 0.29) is 11.8 Å². The molecule has 0 aliphatic carbocycles. The van der Waals surface area contributed by atoms with Gasteiger partial charge in [0.25, 0.3) is 0 Å². The highest BCUT2D eigenvalue weighted by Gasteiger charge is 2.29. The van der Waals surface area contributed by atoms with Crippen molar-refractivity contribution < 1.29 is 4.79 Å². The molecular weight excluding hydrogens is 250 g/mol. The Balaban J connectivity index is 1.83. The van der Waals surface area contributed by atoms with Crippen molar-refractivity contribution in [2.45, 2.75) is 39.8 Å². The first-order valence-corrected chi connectivity index (χ1v) is 7.50. The van der Waals surface area contributed by atoms with Crippen LogP contribution in [0.15, 0.2) is 24.4 Å². The van der Waals surface area contributed by atoms with Crippen molar-refractivity contribution in [3.63, 3.8) is 0 Å². The van der Waals surface area contributed by atoms with Gasteiger partial charge in [0.2, 0.25) is 5.91 Å². The van der Waals surface area contributed by atoms with Crippen molar-refractivity contribution in [2.24, 2.45) is 11.8 Å². The summed E-state index contributed by atoms with van der Waals surface area (Å²) in [5, 5.41) is 3.58. The molecule has 1 saturated heterocycles. The molecule has 4 heteroatoms. The molecule has 2 unspecified atom stereocenters. The number of aromatic nitrogens is 1. The number of rotatable bonds is 4. The SMILES string of the molecule is CC(C)C(=O)N1CCC(NCc2ccccn2)C(C)C1. The Labute approximate surface area is 121 Å². The van der Waals surface area contributed by atoms with Gasteiger partial charge in [0.05, 0.1) is 5.69 Å². The molecule has 2 rings (SSSR count). The molecule has 1 fully saturated rings. The number of nitrogens with one attached hydrogen (secondary N) is 1. The van der Waals surface area contributed by atoms with E-state index < -0.39 is 0 Å². The molecule has 1 aromatic rings. The fourth-order valence-corrected chi connectivity index (χ4v) is 2.75. The average molecular weight is 275 g/mol. The van der Waals surface area contributed by atoms with Crippen molar-refractivity contribution in [1.29, 1.82) is 0 Å². The minimum Gasteiger partial charge on any atom is -0.342 e. The van der Waals surface area contributed by atoms with E-state index in [0.717, 1.165) is 31.7 Å². The van der Waals surface area contributed by atoms with E-state index in [2.05, 4.69) is 17.2 Å². The molecule has 0 bridgehead atoms. The molecule has 2 heterocycles. The lowest BCUT2D eigenvalue weighted by Gasteiger charge is -2.38. The molecule has 0 radical (unpaired) electrons. The summed E-state index contributed by atoms with van der Waals surface area (Å²) in [5.41, 5.74) is 1.07. The van der Waals surface area contributed by atoms with Gasteiger partial charge in [-0.25, -0.2) is 0 Å². The van der Waals surface area contributed by atoms with Crippen molar-refractivity contribution in [2.75, 3.05) is 13.1 Å². The smallest absolute Gasteiger partial charge is 0.225 e. The van der Waals surface area contributed by atoms with Gasteiger partial charge in [-0.3, -0.25) is 9.78 Å². The molecule has 20 heavy (non-hydrogen) atoms. The third kappa shape index (κ3) is 3.79. The van der Waals surface area contributed by atoms with Crippen LogP contribution in [-0.2, 0) is 11.3 Å². The molecule has 2 atom stereocenters. The van der Waals surface area contributed by atoms with Crippen LogP contribution in [0, 0.1) is 11.8 Å². The van der Waals surface area contributed by atoms with Gasteiger partial charge in [-0.2, -0.15) is 0 Å². The van der Waals surface area contributed by atoms with Crippen LogP contribution in [0.3, 0.4) is 0 Å². The van der Waals surface area contributed by atoms with Gasteiger partial charge in [-0.15, -0.1) is 0 Å². The second kappa shape index (κ2) is 6.84. The van der Waals surface area contributed by atoms with Crippen LogP contribution < -0.4 is 5.32 Å². The fourth-order valence-electron chi connectivity index (χ4n) is 2.75. The number of likely N-dealkylation sites (tertiary alicyclic amines) is 1. The first-order valence-electron chi connectivity index (χ1n) is 7.50. The van der Waals surface area contributed by atoms with Crippen LogP contribution in [0.25, 0.3) is 0 Å². The van der Waals surface area contributed by atoms with Gasteiger partial charge in [-0.05, 0) is 24.5 Å². The Bertz CT molecular complexity index is 433. The molecule has 0 aromatic carbocycles. The van der Waals surface area contributed by atoms with Crippen LogP contribution in [-0.4, -0.2) is 34.9 Å². The highest BCUT2D eigenvalue weighted by Crippen LogP contribution is 2.19. The number of pyridine rings is 1. The molecule has 1 N–H and O–H groups in total. The zero-order valence-electron chi connectivity index (χ0n) is 12.7. The van der Waals surface area contributed by atoms with E-state index in [1.54, 1.807) is 0 Å². The zero-order valence-corrected chi connectivity index (χ0v) is 12.7. The monoisotopic (exact) mass is 275 g/mol. The Morgan fingerprint density at radius 3 is 2.90 bits per heavy atom. The lowest BCUT2D eigenvalue weighted by molar-refractivity contribution is -0.136. The van der Waals surface area contributed by atoms with Crippen molar-refractivity contribution >= 4 is 5.91 Å². The summed E-state index contributed by atoms with van der Waals surface area (Å²) in [6.07, 6.45) is 2.84. The van der Waals surface area contributed by atoms with Crippen LogP contribution in [0.1, 0.15) is 32.9 Å². The molecule has 1 amide bonds. The lowest BCUT2D eigenvalue weighted by Crippen LogP contribution is -2.50. The summed E-state index contributed by atoms with van der Waals surface area (Å²) in [6, 6.07) is 6.45. The summed E-state index contributed by atoms with van der Waals surface area (Å²) in [6.45, 7) is 8.68. The highest BCUT2D eigenvalue weighted by molar-refractivity contribution is 5.78. The van der Waals surface area contributed by atoms with E-state index in [9.17, 15) is 4.79 Å². The van der Waals surface area contributed by atoms with Crippen molar-refractivity contribution in [3.8, 4) is 0 Å². The van der Waals surface area contributed by atoms with Gasteiger partial charge in [0.15, 0.2) is 0 Å². The minimum atomic E-state index is 0.0974. The first kappa shape index (κ1) is 15.0. The van der Waals surface area contributed by atoms with Gasteiger partial charge < -0.3 is 10.2 Å². The van der Waals surface area contributed by atoms with Crippen LogP contribution in [0.2, 0.25) is 0 Å². The summed E-state index contributed by atoms with van der Waals surface area (Å²) < 4.78 is 0. The number of carbonyl (C=O) groups excluding carboxylic acids is 1. The molecule has 4 nitrogen and oxygen atoms in total. The molecule has 1 aliphatic rings. The van der Waals surface area contributed by atoms with Gasteiger partial charge in [0, 0.05) is 37.8 Å². The number of piperidine rings is 1. The molecule has 1 aromatic heterocycles. The van der Waals surface area contributed by atoms with Crippen molar-refractivity contribution in [1.82, 2.24) is 15.2 Å². The third-order valence-corrected chi connectivity index (χ3v) is 3.98. The normalized spacial score (nSPS) is 23.1. The topological polar surface area (TPSA) is 45.2 Å². The van der Waals surface area contributed by atoms with Crippen LogP contribution in [0.4, 0.5) is 0 Å². The summed E-state index contributed by atoms with van der Waals surface area (Å²) in [4.78, 5) is 18.4. The van der Waals surface area contributed by atoms with Gasteiger partial charge in [-0.1, -0.05) is 26.8 Å². The predicted molar refractivity (Wildman–Crippen MR) is 80.1 cm³/mol. The molecular formula is C16H25N3O. The predicted octanol–water partition coefficient (Wildman–Crippen LogP) is 2.06. The van der Waals surface area contributed by atoms with E-state index in [0.29, 0.717) is 12.0 Å². The maximum Gasteiger partial charge on any atom is 0.225 e. The number of nitrogens with zero attached hydrogens (tertiary/aromatic N) is 2. The van der Waals surface area contributed by atoms with E-state index in [1.807, 2.05) is 43.1 Å². The third-order valence-electron chi connectivity index (χ3n) is 3.98. The van der Waals surface area contributed by atoms with E-state index in [4.69, 9.17) is 0 Å². The van der Waals surface area contributed by atoms with Crippen molar-refractivity contribution in [3.05, 3.63) is 30.1 Å². The molecule has 0 spiro atoms. The molecule has 0 saturated carbocycles. The quantitative estimate of drug-likeness (QED) is 0.915. The van der Waals surface area contributed by atoms with Crippen LogP contribution in [0.5, 0.6) is 0 Å². The maximum atomic E-state index is 12.0. The van der Waals surface area contributed by atoms with Gasteiger partial charge in [0.1, 0.15) is 0 Å². The largest absolute Gasteiger partial charge is 0.342 e. The number of carbonyl (C=O) groups is 1. The Hall–Kier alpha value is -1.42. The average Bonchev–Trinajstić information content (AvgIpc) is 2.46. The Morgan fingerprint density at radius 1 is 1.50 bits per heavy atom. The van der Waals surface area contributed by atoms with Crippen LogP contribution >= 0.6 is 0 Å². The summed E-state index contributed by atoms with van der Waals surface area (Å²) >= 11 is 0. The molecule has 1 aliphatic heterocycles.